The van der Waals surface area contributed by atoms with E-state index in [2.05, 4.69) is 15.1 Å². The minimum atomic E-state index is -4.27. The first-order chi connectivity index (χ1) is 19.6. The summed E-state index contributed by atoms with van der Waals surface area (Å²) in [5.41, 5.74) is 0.420. The summed E-state index contributed by atoms with van der Waals surface area (Å²) < 4.78 is 51.8. The van der Waals surface area contributed by atoms with E-state index in [9.17, 15) is 23.3 Å². The molecule has 0 bridgehead atoms. The molecule has 0 aliphatic carbocycles. The van der Waals surface area contributed by atoms with Crippen molar-refractivity contribution in [3.8, 4) is 23.1 Å². The zero-order valence-electron chi connectivity index (χ0n) is 22.8. The van der Waals surface area contributed by atoms with E-state index in [0.29, 0.717) is 30.2 Å². The number of carbonyl (C=O) groups is 1. The molecular formula is C26H31N5O9S. The summed E-state index contributed by atoms with van der Waals surface area (Å²) in [6.45, 7) is 2.57. The van der Waals surface area contributed by atoms with E-state index in [1.165, 1.54) is 25.0 Å². The Bertz CT molecular complexity index is 1500. The molecule has 220 valence electrons. The predicted octanol–water partition coefficient (Wildman–Crippen LogP) is 2.72. The number of nitrogens with zero attached hydrogens (tertiary/aromatic N) is 3. The van der Waals surface area contributed by atoms with Gasteiger partial charge in [-0.2, -0.15) is 9.78 Å². The van der Waals surface area contributed by atoms with Gasteiger partial charge in [0.15, 0.2) is 5.69 Å². The number of ether oxygens (including phenoxy) is 4. The maximum absolute atomic E-state index is 13.2. The van der Waals surface area contributed by atoms with Crippen molar-refractivity contribution in [2.45, 2.75) is 30.8 Å². The van der Waals surface area contributed by atoms with Gasteiger partial charge in [-0.3, -0.25) is 14.9 Å². The van der Waals surface area contributed by atoms with Crippen LogP contribution in [0.15, 0.2) is 47.4 Å². The number of nitrogens with one attached hydrogen (secondary N) is 2. The van der Waals surface area contributed by atoms with Crippen LogP contribution in [0.2, 0.25) is 0 Å². The number of hydrogen-bond donors (Lipinski definition) is 2. The highest BCUT2D eigenvalue weighted by atomic mass is 32.2. The summed E-state index contributed by atoms with van der Waals surface area (Å²) in [5.74, 6) is -0.0439. The van der Waals surface area contributed by atoms with Gasteiger partial charge in [0.25, 0.3) is 11.6 Å². The second-order valence-electron chi connectivity index (χ2n) is 9.11. The molecule has 2 N–H and O–H groups in total. The van der Waals surface area contributed by atoms with Crippen LogP contribution in [-0.4, -0.2) is 75.7 Å². The lowest BCUT2D eigenvalue weighted by Gasteiger charge is -2.14. The van der Waals surface area contributed by atoms with Crippen molar-refractivity contribution in [2.75, 3.05) is 40.5 Å². The molecule has 15 heteroatoms. The average molecular weight is 590 g/mol. The monoisotopic (exact) mass is 589 g/mol. The molecule has 2 aromatic carbocycles. The number of sulfonamides is 1. The maximum Gasteiger partial charge on any atom is 0.272 e. The highest BCUT2D eigenvalue weighted by molar-refractivity contribution is 7.89. The van der Waals surface area contributed by atoms with Gasteiger partial charge in [-0.1, -0.05) is 0 Å². The van der Waals surface area contributed by atoms with E-state index >= 15 is 0 Å². The Balaban J connectivity index is 1.76. The number of hydrogen-bond acceptors (Lipinski definition) is 10. The second kappa shape index (κ2) is 13.1. The van der Waals surface area contributed by atoms with Crippen molar-refractivity contribution in [3.63, 3.8) is 0 Å². The third-order valence-electron chi connectivity index (χ3n) is 6.35. The Morgan fingerprint density at radius 3 is 2.61 bits per heavy atom. The van der Waals surface area contributed by atoms with E-state index in [4.69, 9.17) is 18.9 Å². The number of benzene rings is 2. The van der Waals surface area contributed by atoms with Gasteiger partial charge in [0.2, 0.25) is 15.9 Å². The first-order valence-corrected chi connectivity index (χ1v) is 14.2. The third-order valence-corrected chi connectivity index (χ3v) is 7.83. The zero-order valence-corrected chi connectivity index (χ0v) is 23.6. The Hall–Kier alpha value is -4.05. The molecule has 1 aliphatic heterocycles. The molecule has 1 saturated heterocycles. The number of carbonyl (C=O) groups excluding carboxylic acids is 1. The van der Waals surface area contributed by atoms with E-state index in [0.717, 1.165) is 25.0 Å². The summed E-state index contributed by atoms with van der Waals surface area (Å²) >= 11 is 0. The first kappa shape index (κ1) is 29.9. The van der Waals surface area contributed by atoms with Crippen LogP contribution >= 0.6 is 0 Å². The maximum atomic E-state index is 13.2. The molecular weight excluding hydrogens is 558 g/mol. The van der Waals surface area contributed by atoms with Crippen molar-refractivity contribution in [3.05, 3.63) is 63.8 Å². The molecule has 0 saturated carbocycles. The molecule has 41 heavy (non-hydrogen) atoms. The van der Waals surface area contributed by atoms with Gasteiger partial charge in [-0.05, 0) is 50.1 Å². The van der Waals surface area contributed by atoms with Crippen molar-refractivity contribution >= 4 is 21.6 Å². The van der Waals surface area contributed by atoms with Gasteiger partial charge in [0, 0.05) is 44.5 Å². The van der Waals surface area contributed by atoms with Gasteiger partial charge in [0.05, 0.1) is 30.4 Å². The van der Waals surface area contributed by atoms with Gasteiger partial charge in [0.1, 0.15) is 16.4 Å². The van der Waals surface area contributed by atoms with Crippen molar-refractivity contribution < 1.29 is 37.1 Å². The second-order valence-corrected chi connectivity index (χ2v) is 10.8. The molecule has 4 rings (SSSR count). The molecule has 1 aromatic heterocycles. The lowest BCUT2D eigenvalue weighted by molar-refractivity contribution is -0.385. The molecule has 0 unspecified atom stereocenters. The number of methoxy groups -OCH3 is 2. The SMILES string of the molecule is COCCNS(=O)(=O)c1cc([N+](=O)[O-])ccc1Oc1c(C)c(C(=O)NC[C@@H]2CCCO2)nn1-c1ccc(OC)cc1. The highest BCUT2D eigenvalue weighted by Crippen LogP contribution is 2.36. The van der Waals surface area contributed by atoms with Gasteiger partial charge in [-0.25, -0.2) is 13.1 Å². The summed E-state index contributed by atoms with van der Waals surface area (Å²) in [4.78, 5) is 23.4. The Labute approximate surface area is 236 Å². The average Bonchev–Trinajstić information content (AvgIpc) is 3.60. The van der Waals surface area contributed by atoms with E-state index in [-0.39, 0.29) is 36.6 Å². The van der Waals surface area contributed by atoms with E-state index < -0.39 is 31.4 Å². The smallest absolute Gasteiger partial charge is 0.272 e. The molecule has 14 nitrogen and oxygen atoms in total. The van der Waals surface area contributed by atoms with Crippen molar-refractivity contribution in [1.29, 1.82) is 0 Å². The van der Waals surface area contributed by atoms with Gasteiger partial charge < -0.3 is 24.3 Å². The standard InChI is InChI=1S/C26H31N5O9S/c1-17-24(25(32)27-16-21-5-4-13-39-21)29-30(18-6-9-20(38-3)10-7-18)26(17)40-22-11-8-19(31(33)34)15-23(22)41(35,36)28-12-14-37-2/h6-11,15,21,28H,4-5,12-14,16H2,1-3H3,(H,27,32)/t21-/m0/s1. The number of rotatable bonds is 13. The first-order valence-electron chi connectivity index (χ1n) is 12.7. The molecule has 0 spiro atoms. The third kappa shape index (κ3) is 7.00. The Kier molecular flexibility index (Phi) is 9.54. The summed E-state index contributed by atoms with van der Waals surface area (Å²) in [6, 6.07) is 9.97. The number of nitro groups is 1. The minimum absolute atomic E-state index is 0.0413. The predicted molar refractivity (Wildman–Crippen MR) is 146 cm³/mol. The Morgan fingerprint density at radius 2 is 1.98 bits per heavy atom. The molecule has 1 atom stereocenters. The molecule has 2 heterocycles. The zero-order chi connectivity index (χ0) is 29.6. The van der Waals surface area contributed by atoms with E-state index in [1.54, 1.807) is 31.2 Å². The lowest BCUT2D eigenvalue weighted by Crippen LogP contribution is -2.32. The van der Waals surface area contributed by atoms with Crippen molar-refractivity contribution in [1.82, 2.24) is 19.8 Å². The van der Waals surface area contributed by atoms with Crippen LogP contribution in [0.1, 0.15) is 28.9 Å². The fourth-order valence-electron chi connectivity index (χ4n) is 4.17. The fourth-order valence-corrected chi connectivity index (χ4v) is 5.33. The number of amides is 1. The van der Waals surface area contributed by atoms with E-state index in [1.807, 2.05) is 0 Å². The van der Waals surface area contributed by atoms with Crippen LogP contribution in [0.4, 0.5) is 5.69 Å². The van der Waals surface area contributed by atoms with Crippen LogP contribution in [0.25, 0.3) is 5.69 Å². The van der Waals surface area contributed by atoms with Gasteiger partial charge >= 0.3 is 0 Å². The molecule has 1 amide bonds. The topological polar surface area (TPSA) is 173 Å². The normalized spacial score (nSPS) is 15.0. The van der Waals surface area contributed by atoms with Crippen molar-refractivity contribution in [2.24, 2.45) is 0 Å². The summed E-state index contributed by atoms with van der Waals surface area (Å²) in [5, 5.41) is 18.8. The van der Waals surface area contributed by atoms with Crippen LogP contribution in [0.3, 0.4) is 0 Å². The molecule has 0 radical (unpaired) electrons. The largest absolute Gasteiger partial charge is 0.497 e. The highest BCUT2D eigenvalue weighted by Gasteiger charge is 2.28. The Morgan fingerprint density at radius 1 is 1.22 bits per heavy atom. The van der Waals surface area contributed by atoms with Gasteiger partial charge in [-0.15, -0.1) is 0 Å². The molecule has 1 fully saturated rings. The summed E-state index contributed by atoms with van der Waals surface area (Å²) in [6.07, 6.45) is 1.67. The van der Waals surface area contributed by atoms with Crippen LogP contribution in [-0.2, 0) is 19.5 Å². The molecule has 3 aromatic rings. The number of aromatic nitrogens is 2. The molecule has 1 aliphatic rings. The van der Waals surface area contributed by atoms with Crippen LogP contribution < -0.4 is 19.5 Å². The minimum Gasteiger partial charge on any atom is -0.497 e. The van der Waals surface area contributed by atoms with Crippen LogP contribution in [0, 0.1) is 17.0 Å². The summed E-state index contributed by atoms with van der Waals surface area (Å²) in [7, 11) is -1.33. The number of non-ortho nitro benzene ring substituents is 1. The number of nitro benzene ring substituents is 1. The lowest BCUT2D eigenvalue weighted by atomic mass is 10.2. The quantitative estimate of drug-likeness (QED) is 0.171. The van der Waals surface area contributed by atoms with Crippen LogP contribution in [0.5, 0.6) is 17.4 Å². The fraction of sp³-hybridized carbons (Fsp3) is 0.385.